The number of ether oxygens (including phenoxy) is 1. The molecule has 0 bridgehead atoms. The molecular formula is C13H21N3O2. The Morgan fingerprint density at radius 3 is 3.22 bits per heavy atom. The molecule has 1 fully saturated rings. The van der Waals surface area contributed by atoms with Gasteiger partial charge in [0, 0.05) is 24.2 Å². The van der Waals surface area contributed by atoms with Crippen molar-refractivity contribution in [2.45, 2.75) is 38.1 Å². The molecule has 0 aliphatic carbocycles. The molecule has 5 nitrogen and oxygen atoms in total. The Bertz CT molecular complexity index is 364. The van der Waals surface area contributed by atoms with Crippen LogP contribution in [0.15, 0.2) is 12.4 Å². The normalized spacial score (nSPS) is 20.8. The molecule has 0 unspecified atom stereocenters. The summed E-state index contributed by atoms with van der Waals surface area (Å²) in [4.78, 5) is 13.6. The summed E-state index contributed by atoms with van der Waals surface area (Å²) in [5.41, 5.74) is 1.26. The highest BCUT2D eigenvalue weighted by molar-refractivity contribution is 5.69. The Morgan fingerprint density at radius 1 is 1.61 bits per heavy atom. The van der Waals surface area contributed by atoms with Crippen LogP contribution in [0.5, 0.6) is 0 Å². The largest absolute Gasteiger partial charge is 0.469 e. The van der Waals surface area contributed by atoms with Gasteiger partial charge in [0.2, 0.25) is 0 Å². The molecule has 1 atom stereocenters. The van der Waals surface area contributed by atoms with Gasteiger partial charge in [0.05, 0.1) is 13.3 Å². The Hall–Kier alpha value is -1.36. The highest BCUT2D eigenvalue weighted by Crippen LogP contribution is 2.30. The Kier molecular flexibility index (Phi) is 4.75. The molecule has 1 saturated heterocycles. The standard InChI is InChI=1S/C13H21N3O2/c1-18-13(17)6-4-8-16-7-3-2-5-12(16)11-9-14-15-10-11/h9-10,12H,2-8H2,1H3,(H,14,15)/t12-/m1/s1. The van der Waals surface area contributed by atoms with Crippen LogP contribution in [-0.2, 0) is 9.53 Å². The second kappa shape index (κ2) is 6.54. The number of esters is 1. The monoisotopic (exact) mass is 251 g/mol. The number of nitrogens with one attached hydrogen (secondary N) is 1. The van der Waals surface area contributed by atoms with Crippen LogP contribution in [0.4, 0.5) is 0 Å². The molecule has 0 saturated carbocycles. The van der Waals surface area contributed by atoms with Crippen LogP contribution >= 0.6 is 0 Å². The third-order valence-corrected chi connectivity index (χ3v) is 3.57. The van der Waals surface area contributed by atoms with Gasteiger partial charge in [0.1, 0.15) is 0 Å². The summed E-state index contributed by atoms with van der Waals surface area (Å²) in [6.07, 6.45) is 8.94. The predicted molar refractivity (Wildman–Crippen MR) is 68.0 cm³/mol. The molecule has 0 aromatic carbocycles. The molecule has 0 radical (unpaired) electrons. The van der Waals surface area contributed by atoms with E-state index in [4.69, 9.17) is 0 Å². The van der Waals surface area contributed by atoms with E-state index in [9.17, 15) is 4.79 Å². The van der Waals surface area contributed by atoms with Crippen molar-refractivity contribution in [2.24, 2.45) is 0 Å². The van der Waals surface area contributed by atoms with E-state index >= 15 is 0 Å². The number of H-pyrrole nitrogens is 1. The van der Waals surface area contributed by atoms with E-state index < -0.39 is 0 Å². The molecule has 1 N–H and O–H groups in total. The minimum atomic E-state index is -0.119. The van der Waals surface area contributed by atoms with Gasteiger partial charge < -0.3 is 4.74 Å². The lowest BCUT2D eigenvalue weighted by Gasteiger charge is -2.35. The van der Waals surface area contributed by atoms with Crippen molar-refractivity contribution in [2.75, 3.05) is 20.2 Å². The Balaban J connectivity index is 1.86. The second-order valence-electron chi connectivity index (χ2n) is 4.76. The molecule has 1 aliphatic rings. The number of aromatic amines is 1. The maximum atomic E-state index is 11.1. The predicted octanol–water partition coefficient (Wildman–Crippen LogP) is 1.89. The summed E-state index contributed by atoms with van der Waals surface area (Å²) in [7, 11) is 1.44. The zero-order chi connectivity index (χ0) is 12.8. The SMILES string of the molecule is COC(=O)CCCN1CCCC[C@@H]1c1cn[nH]c1. The van der Waals surface area contributed by atoms with Crippen molar-refractivity contribution < 1.29 is 9.53 Å². The van der Waals surface area contributed by atoms with Gasteiger partial charge in [-0.3, -0.25) is 14.8 Å². The fraction of sp³-hybridized carbons (Fsp3) is 0.692. The third kappa shape index (κ3) is 3.32. The number of hydrogen-bond donors (Lipinski definition) is 1. The van der Waals surface area contributed by atoms with Crippen LogP contribution in [-0.4, -0.2) is 41.3 Å². The first-order valence-electron chi connectivity index (χ1n) is 6.61. The maximum Gasteiger partial charge on any atom is 0.305 e. The molecule has 5 heteroatoms. The molecule has 1 aliphatic heterocycles. The molecule has 2 rings (SSSR count). The van der Waals surface area contributed by atoms with E-state index in [1.54, 1.807) is 0 Å². The summed E-state index contributed by atoms with van der Waals surface area (Å²) in [6, 6.07) is 0.454. The van der Waals surface area contributed by atoms with Crippen LogP contribution < -0.4 is 0 Å². The van der Waals surface area contributed by atoms with Gasteiger partial charge in [0.15, 0.2) is 0 Å². The molecule has 1 aromatic heterocycles. The van der Waals surface area contributed by atoms with Crippen molar-refractivity contribution >= 4 is 5.97 Å². The summed E-state index contributed by atoms with van der Waals surface area (Å²) in [5.74, 6) is -0.119. The van der Waals surface area contributed by atoms with E-state index in [2.05, 4.69) is 19.8 Å². The number of aromatic nitrogens is 2. The Morgan fingerprint density at radius 2 is 2.50 bits per heavy atom. The first-order chi connectivity index (χ1) is 8.81. The van der Waals surface area contributed by atoms with Gasteiger partial charge in [-0.2, -0.15) is 5.10 Å². The number of nitrogens with zero attached hydrogens (tertiary/aromatic N) is 2. The summed E-state index contributed by atoms with van der Waals surface area (Å²) in [6.45, 7) is 2.06. The van der Waals surface area contributed by atoms with Gasteiger partial charge in [0.25, 0.3) is 0 Å². The first kappa shape index (κ1) is 13.1. The Labute approximate surface area is 108 Å². The van der Waals surface area contributed by atoms with Gasteiger partial charge in [-0.15, -0.1) is 0 Å². The third-order valence-electron chi connectivity index (χ3n) is 3.57. The van der Waals surface area contributed by atoms with Crippen molar-refractivity contribution in [1.29, 1.82) is 0 Å². The van der Waals surface area contributed by atoms with Crippen LogP contribution in [0, 0.1) is 0 Å². The first-order valence-corrected chi connectivity index (χ1v) is 6.61. The van der Waals surface area contributed by atoms with E-state index in [1.165, 1.54) is 31.9 Å². The van der Waals surface area contributed by atoms with Crippen LogP contribution in [0.1, 0.15) is 43.7 Å². The lowest BCUT2D eigenvalue weighted by Crippen LogP contribution is -2.34. The minimum absolute atomic E-state index is 0.119. The number of likely N-dealkylation sites (tertiary alicyclic amines) is 1. The topological polar surface area (TPSA) is 58.2 Å². The molecule has 18 heavy (non-hydrogen) atoms. The van der Waals surface area contributed by atoms with Crippen LogP contribution in [0.25, 0.3) is 0 Å². The average Bonchev–Trinajstić information content (AvgIpc) is 2.93. The fourth-order valence-corrected chi connectivity index (χ4v) is 2.61. The summed E-state index contributed by atoms with van der Waals surface area (Å²) < 4.78 is 4.67. The van der Waals surface area contributed by atoms with Crippen LogP contribution in [0.2, 0.25) is 0 Å². The van der Waals surface area contributed by atoms with Crippen molar-refractivity contribution in [3.05, 3.63) is 18.0 Å². The fourth-order valence-electron chi connectivity index (χ4n) is 2.61. The highest BCUT2D eigenvalue weighted by Gasteiger charge is 2.24. The van der Waals surface area contributed by atoms with Crippen molar-refractivity contribution in [1.82, 2.24) is 15.1 Å². The zero-order valence-corrected chi connectivity index (χ0v) is 10.9. The molecule has 2 heterocycles. The molecule has 0 spiro atoms. The lowest BCUT2D eigenvalue weighted by molar-refractivity contribution is -0.140. The smallest absolute Gasteiger partial charge is 0.305 e. The van der Waals surface area contributed by atoms with Crippen molar-refractivity contribution in [3.8, 4) is 0 Å². The summed E-state index contributed by atoms with van der Waals surface area (Å²) in [5, 5.41) is 6.91. The minimum Gasteiger partial charge on any atom is -0.469 e. The van der Waals surface area contributed by atoms with Gasteiger partial charge in [-0.05, 0) is 32.4 Å². The second-order valence-corrected chi connectivity index (χ2v) is 4.76. The van der Waals surface area contributed by atoms with Gasteiger partial charge in [-0.1, -0.05) is 6.42 Å². The zero-order valence-electron chi connectivity index (χ0n) is 10.9. The van der Waals surface area contributed by atoms with E-state index in [1.807, 2.05) is 12.4 Å². The van der Waals surface area contributed by atoms with E-state index in [0.717, 1.165) is 19.5 Å². The highest BCUT2D eigenvalue weighted by atomic mass is 16.5. The number of methoxy groups -OCH3 is 1. The number of piperidine rings is 1. The number of carbonyl (C=O) groups is 1. The quantitative estimate of drug-likeness (QED) is 0.812. The van der Waals surface area contributed by atoms with Crippen LogP contribution in [0.3, 0.4) is 0 Å². The molecular weight excluding hydrogens is 230 g/mol. The van der Waals surface area contributed by atoms with Gasteiger partial charge >= 0.3 is 5.97 Å². The van der Waals surface area contributed by atoms with E-state index in [-0.39, 0.29) is 5.97 Å². The maximum absolute atomic E-state index is 11.1. The number of rotatable bonds is 5. The van der Waals surface area contributed by atoms with Crippen molar-refractivity contribution in [3.63, 3.8) is 0 Å². The lowest BCUT2D eigenvalue weighted by atomic mass is 9.97. The van der Waals surface area contributed by atoms with E-state index in [0.29, 0.717) is 12.5 Å². The summed E-state index contributed by atoms with van der Waals surface area (Å²) >= 11 is 0. The number of hydrogen-bond acceptors (Lipinski definition) is 4. The number of carbonyl (C=O) groups excluding carboxylic acids is 1. The molecule has 1 aromatic rings. The average molecular weight is 251 g/mol. The molecule has 100 valence electrons. The van der Waals surface area contributed by atoms with Gasteiger partial charge in [-0.25, -0.2) is 0 Å². The molecule has 0 amide bonds.